The molecule has 0 unspecified atom stereocenters. The molecule has 4 rings (SSSR count). The highest BCUT2D eigenvalue weighted by Crippen LogP contribution is 2.21. The summed E-state index contributed by atoms with van der Waals surface area (Å²) in [6, 6.07) is 12.7. The van der Waals surface area contributed by atoms with Gasteiger partial charge >= 0.3 is 0 Å². The highest BCUT2D eigenvalue weighted by atomic mass is 16.1. The van der Waals surface area contributed by atoms with Crippen LogP contribution in [0.5, 0.6) is 0 Å². The van der Waals surface area contributed by atoms with E-state index in [0.29, 0.717) is 22.6 Å². The molecule has 0 spiro atoms. The van der Waals surface area contributed by atoms with Crippen molar-refractivity contribution in [1.82, 2.24) is 35.2 Å². The quantitative estimate of drug-likeness (QED) is 0.604. The average Bonchev–Trinajstić information content (AvgIpc) is 3.27. The minimum Gasteiger partial charge on any atom is -0.322 e. The Morgan fingerprint density at radius 3 is 2.77 bits per heavy atom. The molecule has 0 fully saturated rings. The molecule has 2 heterocycles. The first-order valence-corrected chi connectivity index (χ1v) is 8.13. The lowest BCUT2D eigenvalue weighted by Crippen LogP contribution is -2.12. The van der Waals surface area contributed by atoms with Gasteiger partial charge in [-0.2, -0.15) is 0 Å². The number of aryl methyl sites for hydroxylation is 2. The summed E-state index contributed by atoms with van der Waals surface area (Å²) < 4.78 is 3.36. The van der Waals surface area contributed by atoms with Crippen LogP contribution in [0.25, 0.3) is 22.4 Å². The Labute approximate surface area is 148 Å². The Morgan fingerprint density at radius 2 is 2.00 bits per heavy atom. The van der Waals surface area contributed by atoms with Gasteiger partial charge in [-0.3, -0.25) is 4.79 Å². The third kappa shape index (κ3) is 2.79. The predicted molar refractivity (Wildman–Crippen MR) is 95.4 cm³/mol. The smallest absolute Gasteiger partial charge is 0.255 e. The minimum atomic E-state index is -0.216. The first-order chi connectivity index (χ1) is 12.7. The molecule has 0 radical (unpaired) electrons. The van der Waals surface area contributed by atoms with Gasteiger partial charge in [0.15, 0.2) is 5.82 Å². The summed E-state index contributed by atoms with van der Waals surface area (Å²) in [5.74, 6) is 0.407. The summed E-state index contributed by atoms with van der Waals surface area (Å²) >= 11 is 0. The molecule has 0 saturated heterocycles. The summed E-state index contributed by atoms with van der Waals surface area (Å²) in [6.07, 6.45) is 0. The lowest BCUT2D eigenvalue weighted by molar-refractivity contribution is 0.102. The SMILES string of the molecule is CCn1nnc2cc(C(=O)Nc3cccc(-c4nnnn4C)c3)ccc21. The van der Waals surface area contributed by atoms with Gasteiger partial charge in [0.05, 0.1) is 5.52 Å². The van der Waals surface area contributed by atoms with Crippen molar-refractivity contribution in [3.63, 3.8) is 0 Å². The third-order valence-corrected chi connectivity index (χ3v) is 4.07. The van der Waals surface area contributed by atoms with Crippen LogP contribution in [0.3, 0.4) is 0 Å². The number of rotatable bonds is 4. The highest BCUT2D eigenvalue weighted by molar-refractivity contribution is 6.06. The third-order valence-electron chi connectivity index (χ3n) is 4.07. The number of carbonyl (C=O) groups excluding carboxylic acids is 1. The van der Waals surface area contributed by atoms with Crippen LogP contribution in [-0.2, 0) is 13.6 Å². The normalized spacial score (nSPS) is 11.0. The number of aromatic nitrogens is 7. The molecule has 4 aromatic rings. The van der Waals surface area contributed by atoms with Gasteiger partial charge in [-0.15, -0.1) is 10.2 Å². The zero-order valence-electron chi connectivity index (χ0n) is 14.3. The van der Waals surface area contributed by atoms with E-state index >= 15 is 0 Å². The molecular weight excluding hydrogens is 332 g/mol. The molecule has 0 aliphatic carbocycles. The van der Waals surface area contributed by atoms with Crippen molar-refractivity contribution in [2.45, 2.75) is 13.5 Å². The van der Waals surface area contributed by atoms with Crippen LogP contribution in [-0.4, -0.2) is 41.1 Å². The van der Waals surface area contributed by atoms with Crippen molar-refractivity contribution in [1.29, 1.82) is 0 Å². The fraction of sp³-hybridized carbons (Fsp3) is 0.176. The zero-order valence-corrected chi connectivity index (χ0v) is 14.3. The molecule has 1 N–H and O–H groups in total. The van der Waals surface area contributed by atoms with Gasteiger partial charge in [-0.05, 0) is 47.7 Å². The monoisotopic (exact) mass is 348 g/mol. The molecule has 2 aromatic heterocycles. The molecule has 9 heteroatoms. The number of nitrogens with one attached hydrogen (secondary N) is 1. The van der Waals surface area contributed by atoms with Crippen molar-refractivity contribution >= 4 is 22.6 Å². The number of fused-ring (bicyclic) bond motifs is 1. The first-order valence-electron chi connectivity index (χ1n) is 8.13. The Morgan fingerprint density at radius 1 is 1.12 bits per heavy atom. The van der Waals surface area contributed by atoms with Gasteiger partial charge in [0.1, 0.15) is 5.52 Å². The molecule has 26 heavy (non-hydrogen) atoms. The second kappa shape index (κ2) is 6.36. The van der Waals surface area contributed by atoms with E-state index in [9.17, 15) is 4.79 Å². The van der Waals surface area contributed by atoms with E-state index in [1.165, 1.54) is 0 Å². The molecule has 0 saturated carbocycles. The second-order valence-corrected chi connectivity index (χ2v) is 5.77. The number of amides is 1. The van der Waals surface area contributed by atoms with E-state index in [0.717, 1.165) is 17.6 Å². The van der Waals surface area contributed by atoms with E-state index in [1.54, 1.807) is 28.5 Å². The lowest BCUT2D eigenvalue weighted by atomic mass is 10.1. The Hall–Kier alpha value is -3.62. The van der Waals surface area contributed by atoms with Crippen LogP contribution in [0.15, 0.2) is 42.5 Å². The standard InChI is InChI=1S/C17H16N8O/c1-3-25-15-8-7-12(10-14(15)19-22-25)17(26)18-13-6-4-5-11(9-13)16-20-21-23-24(16)2/h4-10H,3H2,1-2H3,(H,18,26). The van der Waals surface area contributed by atoms with E-state index in [1.807, 2.05) is 37.3 Å². The van der Waals surface area contributed by atoms with Gasteiger partial charge in [-0.1, -0.05) is 17.3 Å². The zero-order chi connectivity index (χ0) is 18.1. The Balaban J connectivity index is 1.59. The van der Waals surface area contributed by atoms with E-state index in [-0.39, 0.29) is 5.91 Å². The maximum absolute atomic E-state index is 12.6. The van der Waals surface area contributed by atoms with Crippen LogP contribution in [0.2, 0.25) is 0 Å². The largest absolute Gasteiger partial charge is 0.322 e. The highest BCUT2D eigenvalue weighted by Gasteiger charge is 2.12. The van der Waals surface area contributed by atoms with Gasteiger partial charge in [0, 0.05) is 30.4 Å². The molecule has 0 aliphatic heterocycles. The van der Waals surface area contributed by atoms with Crippen LogP contribution in [0.1, 0.15) is 17.3 Å². The van der Waals surface area contributed by atoms with E-state index in [2.05, 4.69) is 31.2 Å². The number of anilines is 1. The minimum absolute atomic E-state index is 0.216. The fourth-order valence-electron chi connectivity index (χ4n) is 2.76. The molecule has 130 valence electrons. The van der Waals surface area contributed by atoms with Crippen molar-refractivity contribution in [3.05, 3.63) is 48.0 Å². The topological polar surface area (TPSA) is 103 Å². The first kappa shape index (κ1) is 15.9. The summed E-state index contributed by atoms with van der Waals surface area (Å²) in [5.41, 5.74) is 3.59. The van der Waals surface area contributed by atoms with E-state index in [4.69, 9.17) is 0 Å². The van der Waals surface area contributed by atoms with Crippen molar-refractivity contribution < 1.29 is 4.79 Å². The van der Waals surface area contributed by atoms with Gasteiger partial charge in [0.2, 0.25) is 0 Å². The predicted octanol–water partition coefficient (Wildman–Crippen LogP) is 1.89. The summed E-state index contributed by atoms with van der Waals surface area (Å²) in [5, 5.41) is 22.5. The summed E-state index contributed by atoms with van der Waals surface area (Å²) in [6.45, 7) is 2.72. The van der Waals surface area contributed by atoms with Gasteiger partial charge in [-0.25, -0.2) is 9.36 Å². The Kier molecular flexibility index (Phi) is 3.88. The molecule has 9 nitrogen and oxygen atoms in total. The molecule has 2 aromatic carbocycles. The maximum Gasteiger partial charge on any atom is 0.255 e. The molecule has 0 bridgehead atoms. The second-order valence-electron chi connectivity index (χ2n) is 5.77. The number of hydrogen-bond acceptors (Lipinski definition) is 6. The summed E-state index contributed by atoms with van der Waals surface area (Å²) in [7, 11) is 1.76. The maximum atomic E-state index is 12.6. The average molecular weight is 348 g/mol. The van der Waals surface area contributed by atoms with Crippen LogP contribution in [0, 0.1) is 0 Å². The van der Waals surface area contributed by atoms with Crippen LogP contribution >= 0.6 is 0 Å². The van der Waals surface area contributed by atoms with Crippen molar-refractivity contribution in [3.8, 4) is 11.4 Å². The van der Waals surface area contributed by atoms with Crippen molar-refractivity contribution in [2.75, 3.05) is 5.32 Å². The molecule has 1 amide bonds. The summed E-state index contributed by atoms with van der Waals surface area (Å²) in [4.78, 5) is 12.6. The number of nitrogens with zero attached hydrogens (tertiary/aromatic N) is 7. The Bertz CT molecular complexity index is 1100. The number of hydrogen-bond donors (Lipinski definition) is 1. The number of tetrazole rings is 1. The van der Waals surface area contributed by atoms with Crippen LogP contribution in [0.4, 0.5) is 5.69 Å². The van der Waals surface area contributed by atoms with Gasteiger partial charge < -0.3 is 5.32 Å². The molecular formula is C17H16N8O. The molecule has 0 atom stereocenters. The number of benzene rings is 2. The lowest BCUT2D eigenvalue weighted by Gasteiger charge is -2.07. The number of carbonyl (C=O) groups is 1. The fourth-order valence-corrected chi connectivity index (χ4v) is 2.76. The van der Waals surface area contributed by atoms with Crippen LogP contribution < -0.4 is 5.32 Å². The molecule has 0 aliphatic rings. The van der Waals surface area contributed by atoms with E-state index < -0.39 is 0 Å². The van der Waals surface area contributed by atoms with Crippen molar-refractivity contribution in [2.24, 2.45) is 7.05 Å². The van der Waals surface area contributed by atoms with Gasteiger partial charge in [0.25, 0.3) is 5.91 Å².